The molecule has 0 spiro atoms. The fraction of sp³-hybridized carbons (Fsp3) is 0.889. The van der Waals surface area contributed by atoms with Gasteiger partial charge < -0.3 is 15.8 Å². The van der Waals surface area contributed by atoms with Crippen LogP contribution in [0, 0.1) is 0 Å². The van der Waals surface area contributed by atoms with Crippen molar-refractivity contribution in [3.05, 3.63) is 0 Å². The van der Waals surface area contributed by atoms with E-state index < -0.39 is 0 Å². The summed E-state index contributed by atoms with van der Waals surface area (Å²) in [4.78, 5) is 11.4. The van der Waals surface area contributed by atoms with Crippen LogP contribution in [0.5, 0.6) is 0 Å². The van der Waals surface area contributed by atoms with E-state index in [1.54, 1.807) is 18.9 Å². The van der Waals surface area contributed by atoms with Crippen LogP contribution in [0.2, 0.25) is 0 Å². The quantitative estimate of drug-likeness (QED) is 0.602. The Balaban J connectivity index is 3.54. The number of hydrogen-bond acceptors (Lipinski definition) is 4. The molecule has 0 aromatic heterocycles. The Morgan fingerprint density at radius 3 is 2.71 bits per heavy atom. The lowest BCUT2D eigenvalue weighted by Gasteiger charge is -2.12. The summed E-state index contributed by atoms with van der Waals surface area (Å²) in [6.45, 7) is 4.94. The summed E-state index contributed by atoms with van der Waals surface area (Å²) >= 11 is 1.57. The molecule has 1 amide bonds. The van der Waals surface area contributed by atoms with Gasteiger partial charge in [-0.25, -0.2) is 0 Å². The highest BCUT2D eigenvalue weighted by Gasteiger charge is 2.12. The van der Waals surface area contributed by atoms with Crippen molar-refractivity contribution in [3.63, 3.8) is 0 Å². The first kappa shape index (κ1) is 13.7. The molecule has 0 saturated carbocycles. The van der Waals surface area contributed by atoms with Crippen molar-refractivity contribution in [3.8, 4) is 0 Å². The molecule has 0 saturated heterocycles. The Bertz CT molecular complexity index is 165. The van der Waals surface area contributed by atoms with Crippen LogP contribution in [0.15, 0.2) is 0 Å². The summed E-state index contributed by atoms with van der Waals surface area (Å²) in [5.41, 5.74) is 5.59. The standard InChI is InChI=1S/C9H20N2O2S/c1-7(10)6-14-8(2)9(12)11-4-5-13-3/h7-8H,4-6,10H2,1-3H3,(H,11,12). The fourth-order valence-electron chi connectivity index (χ4n) is 0.792. The Hall–Kier alpha value is -0.260. The average molecular weight is 220 g/mol. The van der Waals surface area contributed by atoms with Crippen molar-refractivity contribution >= 4 is 17.7 Å². The highest BCUT2D eigenvalue weighted by molar-refractivity contribution is 8.00. The molecule has 0 aromatic rings. The molecule has 2 atom stereocenters. The minimum Gasteiger partial charge on any atom is -0.383 e. The Morgan fingerprint density at radius 2 is 2.21 bits per heavy atom. The largest absolute Gasteiger partial charge is 0.383 e. The number of carbonyl (C=O) groups excluding carboxylic acids is 1. The van der Waals surface area contributed by atoms with Crippen molar-refractivity contribution in [1.82, 2.24) is 5.32 Å². The number of nitrogens with two attached hydrogens (primary N) is 1. The van der Waals surface area contributed by atoms with Crippen molar-refractivity contribution in [1.29, 1.82) is 0 Å². The number of rotatable bonds is 7. The lowest BCUT2D eigenvalue weighted by atomic mass is 10.4. The summed E-state index contributed by atoms with van der Waals surface area (Å²) < 4.78 is 4.83. The van der Waals surface area contributed by atoms with E-state index >= 15 is 0 Å². The van der Waals surface area contributed by atoms with Gasteiger partial charge in [0.05, 0.1) is 11.9 Å². The molecule has 2 unspecified atom stereocenters. The molecule has 0 heterocycles. The number of thioether (sulfide) groups is 1. The maximum absolute atomic E-state index is 11.4. The van der Waals surface area contributed by atoms with Gasteiger partial charge in [0.1, 0.15) is 0 Å². The van der Waals surface area contributed by atoms with Gasteiger partial charge in [0, 0.05) is 25.4 Å². The molecule has 0 aliphatic carbocycles. The van der Waals surface area contributed by atoms with Gasteiger partial charge in [-0.05, 0) is 13.8 Å². The fourth-order valence-corrected chi connectivity index (χ4v) is 1.62. The van der Waals surface area contributed by atoms with Crippen LogP contribution >= 0.6 is 11.8 Å². The summed E-state index contributed by atoms with van der Waals surface area (Å²) in [5, 5.41) is 2.74. The van der Waals surface area contributed by atoms with Crippen molar-refractivity contribution in [2.45, 2.75) is 25.1 Å². The number of nitrogens with one attached hydrogen (secondary N) is 1. The first-order valence-electron chi connectivity index (χ1n) is 4.71. The van der Waals surface area contributed by atoms with E-state index in [0.29, 0.717) is 13.2 Å². The molecule has 0 fully saturated rings. The molecule has 14 heavy (non-hydrogen) atoms. The second kappa shape index (κ2) is 8.08. The molecule has 84 valence electrons. The van der Waals surface area contributed by atoms with Crippen molar-refractivity contribution in [2.24, 2.45) is 5.73 Å². The molecular weight excluding hydrogens is 200 g/mol. The molecule has 0 bridgehead atoms. The van der Waals surface area contributed by atoms with Crippen LogP contribution in [0.25, 0.3) is 0 Å². The van der Waals surface area contributed by atoms with Crippen LogP contribution < -0.4 is 11.1 Å². The summed E-state index contributed by atoms with van der Waals surface area (Å²) in [7, 11) is 1.61. The number of amides is 1. The van der Waals surface area contributed by atoms with Gasteiger partial charge in [-0.1, -0.05) is 0 Å². The van der Waals surface area contributed by atoms with Gasteiger partial charge in [-0.15, -0.1) is 11.8 Å². The molecule has 0 aliphatic rings. The second-order valence-electron chi connectivity index (χ2n) is 3.24. The van der Waals surface area contributed by atoms with E-state index in [0.717, 1.165) is 5.75 Å². The smallest absolute Gasteiger partial charge is 0.232 e. The lowest BCUT2D eigenvalue weighted by Crippen LogP contribution is -2.34. The normalized spacial score (nSPS) is 14.9. The van der Waals surface area contributed by atoms with Gasteiger partial charge in [-0.2, -0.15) is 0 Å². The number of hydrogen-bond donors (Lipinski definition) is 2. The average Bonchev–Trinajstić information content (AvgIpc) is 2.14. The third kappa shape index (κ3) is 7.17. The van der Waals surface area contributed by atoms with Gasteiger partial charge in [0.25, 0.3) is 0 Å². The van der Waals surface area contributed by atoms with Crippen LogP contribution in [0.1, 0.15) is 13.8 Å². The van der Waals surface area contributed by atoms with Gasteiger partial charge in [0.2, 0.25) is 5.91 Å². The van der Waals surface area contributed by atoms with Gasteiger partial charge in [0.15, 0.2) is 0 Å². The Morgan fingerprint density at radius 1 is 1.57 bits per heavy atom. The van der Waals surface area contributed by atoms with E-state index in [2.05, 4.69) is 5.32 Å². The van der Waals surface area contributed by atoms with Gasteiger partial charge >= 0.3 is 0 Å². The molecule has 3 N–H and O–H groups in total. The highest BCUT2D eigenvalue weighted by atomic mass is 32.2. The maximum atomic E-state index is 11.4. The zero-order chi connectivity index (χ0) is 11.0. The molecule has 0 radical (unpaired) electrons. The Kier molecular flexibility index (Phi) is 7.93. The minimum atomic E-state index is -0.0437. The number of ether oxygens (including phenoxy) is 1. The first-order valence-corrected chi connectivity index (χ1v) is 5.76. The molecule has 5 heteroatoms. The number of carbonyl (C=O) groups is 1. The molecule has 0 aromatic carbocycles. The molecule has 0 rings (SSSR count). The van der Waals surface area contributed by atoms with Crippen molar-refractivity contribution in [2.75, 3.05) is 26.0 Å². The predicted molar refractivity (Wildman–Crippen MR) is 60.5 cm³/mol. The minimum absolute atomic E-state index is 0.0437. The molecular formula is C9H20N2O2S. The third-order valence-electron chi connectivity index (χ3n) is 1.58. The topological polar surface area (TPSA) is 64.3 Å². The van der Waals surface area contributed by atoms with E-state index in [1.807, 2.05) is 13.8 Å². The SMILES string of the molecule is COCCNC(=O)C(C)SCC(C)N. The second-order valence-corrected chi connectivity index (χ2v) is 4.61. The number of methoxy groups -OCH3 is 1. The summed E-state index contributed by atoms with van der Waals surface area (Å²) in [6.07, 6.45) is 0. The van der Waals surface area contributed by atoms with Crippen LogP contribution in [0.4, 0.5) is 0 Å². The van der Waals surface area contributed by atoms with E-state index in [-0.39, 0.29) is 17.2 Å². The van der Waals surface area contributed by atoms with E-state index in [1.165, 1.54) is 0 Å². The van der Waals surface area contributed by atoms with Crippen LogP contribution in [-0.4, -0.2) is 43.2 Å². The molecule has 4 nitrogen and oxygen atoms in total. The molecule has 0 aliphatic heterocycles. The predicted octanol–water partition coefficient (Wildman–Crippen LogP) is 0.218. The van der Waals surface area contributed by atoms with Crippen LogP contribution in [-0.2, 0) is 9.53 Å². The zero-order valence-electron chi connectivity index (χ0n) is 9.08. The van der Waals surface area contributed by atoms with E-state index in [9.17, 15) is 4.79 Å². The Labute approximate surface area is 89.9 Å². The third-order valence-corrected chi connectivity index (χ3v) is 3.02. The summed E-state index contributed by atoms with van der Waals surface area (Å²) in [6, 6.07) is 0.134. The van der Waals surface area contributed by atoms with Crippen molar-refractivity contribution < 1.29 is 9.53 Å². The zero-order valence-corrected chi connectivity index (χ0v) is 9.89. The maximum Gasteiger partial charge on any atom is 0.232 e. The monoisotopic (exact) mass is 220 g/mol. The van der Waals surface area contributed by atoms with Crippen LogP contribution in [0.3, 0.4) is 0 Å². The lowest BCUT2D eigenvalue weighted by molar-refractivity contribution is -0.120. The first-order chi connectivity index (χ1) is 6.57. The van der Waals surface area contributed by atoms with Gasteiger partial charge in [-0.3, -0.25) is 4.79 Å². The summed E-state index contributed by atoms with van der Waals surface area (Å²) in [5.74, 6) is 0.853. The van der Waals surface area contributed by atoms with E-state index in [4.69, 9.17) is 10.5 Å². The highest BCUT2D eigenvalue weighted by Crippen LogP contribution is 2.10.